The van der Waals surface area contributed by atoms with E-state index in [1.165, 1.54) is 11.0 Å². The van der Waals surface area contributed by atoms with Gasteiger partial charge in [0.1, 0.15) is 16.9 Å². The first-order valence-electron chi connectivity index (χ1n) is 4.52. The van der Waals surface area contributed by atoms with Crippen molar-refractivity contribution in [2.24, 2.45) is 0 Å². The van der Waals surface area contributed by atoms with Gasteiger partial charge in [0.2, 0.25) is 0 Å². The Bertz CT molecular complexity index is 436. The molecule has 1 heterocycles. The summed E-state index contributed by atoms with van der Waals surface area (Å²) in [6.07, 6.45) is 0.985. The average Bonchev–Trinajstić information content (AvgIpc) is 2.26. The highest BCUT2D eigenvalue weighted by molar-refractivity contribution is 6.29. The molecule has 0 fully saturated rings. The standard InChI is InChI=1S/C9H10ClN3O3/c1-3-12(2)9(14)6-4-8(10)11-5-7(6)13(15)16/h4-5H,3H2,1-2H3. The molecule has 0 aliphatic rings. The predicted octanol–water partition coefficient (Wildman–Crippen LogP) is 1.74. The lowest BCUT2D eigenvalue weighted by Crippen LogP contribution is -2.27. The monoisotopic (exact) mass is 243 g/mol. The molecule has 0 aromatic carbocycles. The fourth-order valence-electron chi connectivity index (χ4n) is 1.09. The molecular formula is C9H10ClN3O3. The Morgan fingerprint density at radius 3 is 2.81 bits per heavy atom. The van der Waals surface area contributed by atoms with Gasteiger partial charge < -0.3 is 4.90 Å². The molecule has 0 saturated heterocycles. The SMILES string of the molecule is CCN(C)C(=O)c1cc(Cl)ncc1[N+](=O)[O-]. The van der Waals surface area contributed by atoms with Gasteiger partial charge in [-0.15, -0.1) is 0 Å². The summed E-state index contributed by atoms with van der Waals surface area (Å²) >= 11 is 5.61. The normalized spacial score (nSPS) is 9.94. The van der Waals surface area contributed by atoms with E-state index in [1.807, 2.05) is 0 Å². The first-order valence-corrected chi connectivity index (χ1v) is 4.90. The third-order valence-electron chi connectivity index (χ3n) is 2.10. The van der Waals surface area contributed by atoms with Crippen LogP contribution < -0.4 is 0 Å². The molecule has 0 bridgehead atoms. The second kappa shape index (κ2) is 4.89. The quantitative estimate of drug-likeness (QED) is 0.460. The topological polar surface area (TPSA) is 76.3 Å². The van der Waals surface area contributed by atoms with E-state index in [-0.39, 0.29) is 16.4 Å². The molecule has 1 amide bonds. The Kier molecular flexibility index (Phi) is 3.78. The number of amides is 1. The van der Waals surface area contributed by atoms with Gasteiger partial charge in [-0.3, -0.25) is 14.9 Å². The summed E-state index contributed by atoms with van der Waals surface area (Å²) in [7, 11) is 1.56. The van der Waals surface area contributed by atoms with Crippen molar-refractivity contribution < 1.29 is 9.72 Å². The summed E-state index contributed by atoms with van der Waals surface area (Å²) in [6, 6.07) is 1.20. The van der Waals surface area contributed by atoms with Crippen LogP contribution in [0.25, 0.3) is 0 Å². The second-order valence-electron chi connectivity index (χ2n) is 3.10. The van der Waals surface area contributed by atoms with Gasteiger partial charge in [0.25, 0.3) is 11.6 Å². The van der Waals surface area contributed by atoms with Gasteiger partial charge in [-0.05, 0) is 13.0 Å². The maximum atomic E-state index is 11.8. The van der Waals surface area contributed by atoms with E-state index in [1.54, 1.807) is 14.0 Å². The van der Waals surface area contributed by atoms with Crippen LogP contribution in [0.5, 0.6) is 0 Å². The smallest absolute Gasteiger partial charge is 0.300 e. The molecular weight excluding hydrogens is 234 g/mol. The van der Waals surface area contributed by atoms with E-state index in [9.17, 15) is 14.9 Å². The van der Waals surface area contributed by atoms with Crippen LogP contribution in [0, 0.1) is 10.1 Å². The third kappa shape index (κ3) is 2.46. The molecule has 0 radical (unpaired) electrons. The highest BCUT2D eigenvalue weighted by Crippen LogP contribution is 2.21. The summed E-state index contributed by atoms with van der Waals surface area (Å²) in [5, 5.41) is 10.8. The summed E-state index contributed by atoms with van der Waals surface area (Å²) in [4.78, 5) is 26.8. The van der Waals surface area contributed by atoms with Crippen molar-refractivity contribution in [1.29, 1.82) is 0 Å². The number of halogens is 1. The van der Waals surface area contributed by atoms with Gasteiger partial charge in [-0.2, -0.15) is 0 Å². The van der Waals surface area contributed by atoms with Crippen molar-refractivity contribution in [3.63, 3.8) is 0 Å². The molecule has 1 aromatic heterocycles. The lowest BCUT2D eigenvalue weighted by molar-refractivity contribution is -0.385. The number of carbonyl (C=O) groups is 1. The third-order valence-corrected chi connectivity index (χ3v) is 2.30. The van der Waals surface area contributed by atoms with Crippen LogP contribution in [-0.4, -0.2) is 34.3 Å². The molecule has 6 nitrogen and oxygen atoms in total. The minimum Gasteiger partial charge on any atom is -0.342 e. The zero-order chi connectivity index (χ0) is 12.3. The largest absolute Gasteiger partial charge is 0.342 e. The van der Waals surface area contributed by atoms with Crippen LogP contribution in [-0.2, 0) is 0 Å². The van der Waals surface area contributed by atoms with Crippen molar-refractivity contribution in [1.82, 2.24) is 9.88 Å². The van der Waals surface area contributed by atoms with Crippen LogP contribution in [0.2, 0.25) is 5.15 Å². The van der Waals surface area contributed by atoms with E-state index in [2.05, 4.69) is 4.98 Å². The summed E-state index contributed by atoms with van der Waals surface area (Å²) < 4.78 is 0. The molecule has 16 heavy (non-hydrogen) atoms. The van der Waals surface area contributed by atoms with Crippen molar-refractivity contribution in [2.45, 2.75) is 6.92 Å². The van der Waals surface area contributed by atoms with Crippen molar-refractivity contribution in [2.75, 3.05) is 13.6 Å². The molecule has 0 aliphatic heterocycles. The van der Waals surface area contributed by atoms with Gasteiger partial charge in [0.15, 0.2) is 0 Å². The second-order valence-corrected chi connectivity index (χ2v) is 3.49. The molecule has 0 saturated carbocycles. The maximum absolute atomic E-state index is 11.8. The number of hydrogen-bond donors (Lipinski definition) is 0. The number of rotatable bonds is 3. The molecule has 0 spiro atoms. The van der Waals surface area contributed by atoms with Gasteiger partial charge in [0, 0.05) is 13.6 Å². The number of carbonyl (C=O) groups excluding carboxylic acids is 1. The van der Waals surface area contributed by atoms with Crippen molar-refractivity contribution >= 4 is 23.2 Å². The first kappa shape index (κ1) is 12.4. The lowest BCUT2D eigenvalue weighted by Gasteiger charge is -2.14. The predicted molar refractivity (Wildman–Crippen MR) is 58.5 cm³/mol. The van der Waals surface area contributed by atoms with E-state index in [0.717, 1.165) is 6.20 Å². The molecule has 86 valence electrons. The zero-order valence-electron chi connectivity index (χ0n) is 8.81. The summed E-state index contributed by atoms with van der Waals surface area (Å²) in [6.45, 7) is 2.22. The van der Waals surface area contributed by atoms with Crippen LogP contribution in [0.1, 0.15) is 17.3 Å². The zero-order valence-corrected chi connectivity index (χ0v) is 9.56. The highest BCUT2D eigenvalue weighted by Gasteiger charge is 2.23. The molecule has 1 aromatic rings. The molecule has 0 atom stereocenters. The van der Waals surface area contributed by atoms with E-state index in [0.29, 0.717) is 6.54 Å². The lowest BCUT2D eigenvalue weighted by atomic mass is 10.2. The average molecular weight is 244 g/mol. The van der Waals surface area contributed by atoms with E-state index >= 15 is 0 Å². The van der Waals surface area contributed by atoms with E-state index < -0.39 is 10.8 Å². The van der Waals surface area contributed by atoms with Crippen LogP contribution >= 0.6 is 11.6 Å². The molecule has 1 rings (SSSR count). The van der Waals surface area contributed by atoms with Crippen molar-refractivity contribution in [3.05, 3.63) is 33.1 Å². The Morgan fingerprint density at radius 1 is 1.69 bits per heavy atom. The van der Waals surface area contributed by atoms with Gasteiger partial charge in [-0.1, -0.05) is 11.6 Å². The number of hydrogen-bond acceptors (Lipinski definition) is 4. The van der Waals surface area contributed by atoms with Gasteiger partial charge >= 0.3 is 0 Å². The molecule has 0 unspecified atom stereocenters. The minimum atomic E-state index is -0.653. The summed E-state index contributed by atoms with van der Waals surface area (Å²) in [5.74, 6) is -0.446. The fourth-order valence-corrected chi connectivity index (χ4v) is 1.25. The molecule has 0 aliphatic carbocycles. The van der Waals surface area contributed by atoms with Gasteiger partial charge in [0.05, 0.1) is 4.92 Å². The minimum absolute atomic E-state index is 0.0469. The number of aromatic nitrogens is 1. The van der Waals surface area contributed by atoms with Gasteiger partial charge in [-0.25, -0.2) is 4.98 Å². The molecule has 0 N–H and O–H groups in total. The Balaban J connectivity index is 3.24. The summed E-state index contributed by atoms with van der Waals surface area (Å²) in [5.41, 5.74) is -0.385. The Hall–Kier alpha value is -1.69. The first-order chi connectivity index (χ1) is 7.47. The van der Waals surface area contributed by atoms with Crippen LogP contribution in [0.3, 0.4) is 0 Å². The number of nitro groups is 1. The van der Waals surface area contributed by atoms with E-state index in [4.69, 9.17) is 11.6 Å². The van der Waals surface area contributed by atoms with Crippen molar-refractivity contribution in [3.8, 4) is 0 Å². The number of nitrogens with zero attached hydrogens (tertiary/aromatic N) is 3. The van der Waals surface area contributed by atoms with Crippen LogP contribution in [0.15, 0.2) is 12.3 Å². The maximum Gasteiger partial charge on any atom is 0.300 e. The molecule has 7 heteroatoms. The highest BCUT2D eigenvalue weighted by atomic mass is 35.5. The number of pyridine rings is 1. The fraction of sp³-hybridized carbons (Fsp3) is 0.333. The Labute approximate surface area is 97.0 Å². The Morgan fingerprint density at radius 2 is 2.31 bits per heavy atom. The van der Waals surface area contributed by atoms with Crippen LogP contribution in [0.4, 0.5) is 5.69 Å².